The molecule has 2 aromatic rings. The van der Waals surface area contributed by atoms with Crippen molar-refractivity contribution in [3.8, 4) is 0 Å². The van der Waals surface area contributed by atoms with E-state index >= 15 is 0 Å². The first-order valence-electron chi connectivity index (χ1n) is 6.62. The van der Waals surface area contributed by atoms with E-state index < -0.39 is 0 Å². The first-order valence-corrected chi connectivity index (χ1v) is 6.62. The summed E-state index contributed by atoms with van der Waals surface area (Å²) in [6.07, 6.45) is 0. The summed E-state index contributed by atoms with van der Waals surface area (Å²) in [5.74, 6) is -0.194. The van der Waals surface area contributed by atoms with Crippen molar-refractivity contribution in [1.29, 1.82) is 0 Å². The quantitative estimate of drug-likeness (QED) is 0.895. The van der Waals surface area contributed by atoms with Crippen molar-refractivity contribution >= 4 is 0 Å². The standard InChI is InChI=1S/C15H20FN3/c1-4-19-15(8-11(2)18-19)10-17-12(3)13-6-5-7-14(16)9-13/h5-9,12,17H,4,10H2,1-3H3/t12-/m1/s1. The van der Waals surface area contributed by atoms with Gasteiger partial charge in [0.1, 0.15) is 5.82 Å². The Kier molecular flexibility index (Phi) is 4.32. The van der Waals surface area contributed by atoms with Crippen molar-refractivity contribution < 1.29 is 4.39 Å². The third-order valence-electron chi connectivity index (χ3n) is 3.22. The largest absolute Gasteiger partial charge is 0.305 e. The van der Waals surface area contributed by atoms with Gasteiger partial charge >= 0.3 is 0 Å². The molecule has 4 heteroatoms. The van der Waals surface area contributed by atoms with Gasteiger partial charge < -0.3 is 5.32 Å². The van der Waals surface area contributed by atoms with Crippen LogP contribution in [0.25, 0.3) is 0 Å². The third-order valence-corrected chi connectivity index (χ3v) is 3.22. The van der Waals surface area contributed by atoms with Gasteiger partial charge in [-0.05, 0) is 44.5 Å². The average molecular weight is 261 g/mol. The lowest BCUT2D eigenvalue weighted by Crippen LogP contribution is -2.20. The van der Waals surface area contributed by atoms with E-state index in [0.29, 0.717) is 0 Å². The maximum absolute atomic E-state index is 13.2. The number of hydrogen-bond donors (Lipinski definition) is 1. The van der Waals surface area contributed by atoms with E-state index in [0.717, 1.165) is 30.0 Å². The summed E-state index contributed by atoms with van der Waals surface area (Å²) in [6.45, 7) is 7.69. The van der Waals surface area contributed by atoms with Crippen molar-refractivity contribution in [1.82, 2.24) is 15.1 Å². The summed E-state index contributed by atoms with van der Waals surface area (Å²) in [4.78, 5) is 0. The summed E-state index contributed by atoms with van der Waals surface area (Å²) in [7, 11) is 0. The molecule has 2 rings (SSSR count). The molecule has 0 aliphatic carbocycles. The number of nitrogens with one attached hydrogen (secondary N) is 1. The topological polar surface area (TPSA) is 29.9 Å². The van der Waals surface area contributed by atoms with Crippen LogP contribution in [0.15, 0.2) is 30.3 Å². The minimum absolute atomic E-state index is 0.108. The van der Waals surface area contributed by atoms with Gasteiger partial charge in [0.2, 0.25) is 0 Å². The second-order valence-corrected chi connectivity index (χ2v) is 4.75. The Labute approximate surface area is 113 Å². The molecule has 0 unspecified atom stereocenters. The van der Waals surface area contributed by atoms with E-state index in [1.807, 2.05) is 24.6 Å². The Balaban J connectivity index is 2.02. The van der Waals surface area contributed by atoms with Gasteiger partial charge in [0.25, 0.3) is 0 Å². The molecule has 19 heavy (non-hydrogen) atoms. The second-order valence-electron chi connectivity index (χ2n) is 4.75. The van der Waals surface area contributed by atoms with Gasteiger partial charge in [0.05, 0.1) is 11.4 Å². The maximum Gasteiger partial charge on any atom is 0.123 e. The summed E-state index contributed by atoms with van der Waals surface area (Å²) < 4.78 is 15.2. The minimum Gasteiger partial charge on any atom is -0.305 e. The number of halogens is 1. The fourth-order valence-electron chi connectivity index (χ4n) is 2.17. The molecule has 0 radical (unpaired) electrons. The van der Waals surface area contributed by atoms with Crippen LogP contribution in [0.2, 0.25) is 0 Å². The lowest BCUT2D eigenvalue weighted by atomic mass is 10.1. The van der Waals surface area contributed by atoms with E-state index in [1.54, 1.807) is 12.1 Å². The van der Waals surface area contributed by atoms with Crippen LogP contribution < -0.4 is 5.32 Å². The molecule has 3 nitrogen and oxygen atoms in total. The highest BCUT2D eigenvalue weighted by atomic mass is 19.1. The van der Waals surface area contributed by atoms with Crippen LogP contribution in [0.4, 0.5) is 4.39 Å². The van der Waals surface area contributed by atoms with E-state index in [2.05, 4.69) is 23.4 Å². The first kappa shape index (κ1) is 13.7. The molecule has 0 fully saturated rings. The highest BCUT2D eigenvalue weighted by molar-refractivity contribution is 5.20. The summed E-state index contributed by atoms with van der Waals surface area (Å²) >= 11 is 0. The molecule has 102 valence electrons. The van der Waals surface area contributed by atoms with Crippen LogP contribution in [0.3, 0.4) is 0 Å². The Morgan fingerprint density at radius 2 is 2.16 bits per heavy atom. The van der Waals surface area contributed by atoms with Gasteiger partial charge in [-0.1, -0.05) is 12.1 Å². The van der Waals surface area contributed by atoms with Gasteiger partial charge in [-0.15, -0.1) is 0 Å². The van der Waals surface area contributed by atoms with Crippen LogP contribution in [-0.2, 0) is 13.1 Å². The molecule has 0 spiro atoms. The molecule has 1 aromatic heterocycles. The SMILES string of the molecule is CCn1nc(C)cc1CN[C@H](C)c1cccc(F)c1. The summed E-state index contributed by atoms with van der Waals surface area (Å²) in [6, 6.07) is 8.89. The first-order chi connectivity index (χ1) is 9.10. The van der Waals surface area contributed by atoms with Crippen molar-refractivity contribution in [2.45, 2.75) is 39.9 Å². The van der Waals surface area contributed by atoms with E-state index in [9.17, 15) is 4.39 Å². The Hall–Kier alpha value is -1.68. The van der Waals surface area contributed by atoms with Gasteiger partial charge in [-0.2, -0.15) is 5.10 Å². The highest BCUT2D eigenvalue weighted by Crippen LogP contribution is 2.14. The molecule has 1 aromatic carbocycles. The Bertz CT molecular complexity index is 548. The lowest BCUT2D eigenvalue weighted by Gasteiger charge is -2.14. The predicted octanol–water partition coefficient (Wildman–Crippen LogP) is 3.20. The van der Waals surface area contributed by atoms with Crippen molar-refractivity contribution in [3.63, 3.8) is 0 Å². The van der Waals surface area contributed by atoms with E-state index in [-0.39, 0.29) is 11.9 Å². The predicted molar refractivity (Wildman–Crippen MR) is 74.3 cm³/mol. The zero-order valence-corrected chi connectivity index (χ0v) is 11.7. The molecular formula is C15H20FN3. The molecule has 0 saturated carbocycles. The Morgan fingerprint density at radius 1 is 1.37 bits per heavy atom. The van der Waals surface area contributed by atoms with Crippen molar-refractivity contribution in [3.05, 3.63) is 53.1 Å². The number of aryl methyl sites for hydroxylation is 2. The van der Waals surface area contributed by atoms with Gasteiger partial charge in [-0.3, -0.25) is 4.68 Å². The highest BCUT2D eigenvalue weighted by Gasteiger charge is 2.08. The average Bonchev–Trinajstić information content (AvgIpc) is 2.76. The van der Waals surface area contributed by atoms with Crippen LogP contribution >= 0.6 is 0 Å². The van der Waals surface area contributed by atoms with Gasteiger partial charge in [0.15, 0.2) is 0 Å². The maximum atomic E-state index is 13.2. The molecule has 1 heterocycles. The normalized spacial score (nSPS) is 12.6. The van der Waals surface area contributed by atoms with Crippen LogP contribution in [0.1, 0.15) is 36.8 Å². The van der Waals surface area contributed by atoms with Crippen LogP contribution in [-0.4, -0.2) is 9.78 Å². The summed E-state index contributed by atoms with van der Waals surface area (Å²) in [5, 5.41) is 7.81. The fraction of sp³-hybridized carbons (Fsp3) is 0.400. The van der Waals surface area contributed by atoms with Crippen LogP contribution in [0, 0.1) is 12.7 Å². The zero-order chi connectivity index (χ0) is 13.8. The zero-order valence-electron chi connectivity index (χ0n) is 11.7. The number of aromatic nitrogens is 2. The number of nitrogens with zero attached hydrogens (tertiary/aromatic N) is 2. The van der Waals surface area contributed by atoms with Crippen LogP contribution in [0.5, 0.6) is 0 Å². The van der Waals surface area contributed by atoms with Gasteiger partial charge in [-0.25, -0.2) is 4.39 Å². The monoisotopic (exact) mass is 261 g/mol. The second kappa shape index (κ2) is 5.97. The number of hydrogen-bond acceptors (Lipinski definition) is 2. The number of rotatable bonds is 5. The van der Waals surface area contributed by atoms with E-state index in [4.69, 9.17) is 0 Å². The molecule has 0 aliphatic rings. The van der Waals surface area contributed by atoms with Crippen molar-refractivity contribution in [2.24, 2.45) is 0 Å². The fourth-order valence-corrected chi connectivity index (χ4v) is 2.17. The van der Waals surface area contributed by atoms with Crippen molar-refractivity contribution in [2.75, 3.05) is 0 Å². The lowest BCUT2D eigenvalue weighted by molar-refractivity contribution is 0.527. The number of benzene rings is 1. The smallest absolute Gasteiger partial charge is 0.123 e. The summed E-state index contributed by atoms with van der Waals surface area (Å²) in [5.41, 5.74) is 3.14. The Morgan fingerprint density at radius 3 is 2.84 bits per heavy atom. The molecule has 1 N–H and O–H groups in total. The minimum atomic E-state index is -0.194. The molecular weight excluding hydrogens is 241 g/mol. The molecule has 0 bridgehead atoms. The molecule has 1 atom stereocenters. The molecule has 0 saturated heterocycles. The van der Waals surface area contributed by atoms with E-state index in [1.165, 1.54) is 6.07 Å². The third kappa shape index (κ3) is 3.41. The molecule has 0 amide bonds. The molecule has 0 aliphatic heterocycles. The van der Waals surface area contributed by atoms with Gasteiger partial charge in [0, 0.05) is 19.1 Å².